The molecule has 0 aromatic heterocycles. The van der Waals surface area contributed by atoms with Gasteiger partial charge in [-0.05, 0) is 19.3 Å². The second-order valence-electron chi connectivity index (χ2n) is 4.49. The maximum Gasteiger partial charge on any atom is 0.515 e. The van der Waals surface area contributed by atoms with Gasteiger partial charge in [-0.25, -0.2) is 0 Å². The van der Waals surface area contributed by atoms with Crippen LogP contribution in [0, 0.1) is 0 Å². The van der Waals surface area contributed by atoms with Gasteiger partial charge in [0.2, 0.25) is 0 Å². The summed E-state index contributed by atoms with van der Waals surface area (Å²) in [6, 6.07) is 0. The Labute approximate surface area is 114 Å². The van der Waals surface area contributed by atoms with E-state index in [0.29, 0.717) is 26.0 Å². The molecular weight excluding hydrogens is 246 g/mol. The average molecular weight is 277 g/mol. The summed E-state index contributed by atoms with van der Waals surface area (Å²) in [6.07, 6.45) is 6.80. The first-order chi connectivity index (χ1) is 8.74. The fourth-order valence-corrected chi connectivity index (χ4v) is 3.39. The maximum atomic E-state index is 5.88. The summed E-state index contributed by atoms with van der Waals surface area (Å²) in [4.78, 5) is 0. The highest BCUT2D eigenvalue weighted by Gasteiger charge is 2.39. The number of hydrogen-bond donors (Lipinski definition) is 1. The van der Waals surface area contributed by atoms with Crippen molar-refractivity contribution in [3.05, 3.63) is 0 Å². The number of rotatable bonds is 13. The largest absolute Gasteiger partial charge is 0.515 e. The Morgan fingerprint density at radius 3 is 1.28 bits per heavy atom. The molecule has 2 N–H and O–H groups in total. The van der Waals surface area contributed by atoms with E-state index in [4.69, 9.17) is 19.0 Å². The van der Waals surface area contributed by atoms with Gasteiger partial charge in [0.05, 0.1) is 6.17 Å². The van der Waals surface area contributed by atoms with E-state index in [0.717, 1.165) is 38.5 Å². The van der Waals surface area contributed by atoms with Crippen LogP contribution in [0.5, 0.6) is 0 Å². The summed E-state index contributed by atoms with van der Waals surface area (Å²) in [7, 11) is -2.60. The molecule has 0 aromatic rings. The number of hydrogen-bond acceptors (Lipinski definition) is 4. The third kappa shape index (κ3) is 8.21. The third-order valence-electron chi connectivity index (χ3n) is 2.71. The van der Waals surface area contributed by atoms with E-state index in [9.17, 15) is 0 Å². The second-order valence-corrected chi connectivity index (χ2v) is 7.13. The molecule has 0 bridgehead atoms. The van der Waals surface area contributed by atoms with Crippen molar-refractivity contribution < 1.29 is 13.3 Å². The third-order valence-corrected chi connectivity index (χ3v) is 5.14. The van der Waals surface area contributed by atoms with Crippen molar-refractivity contribution >= 4 is 8.80 Å². The molecular formula is C13H31NO3Si. The molecule has 0 aliphatic heterocycles. The van der Waals surface area contributed by atoms with Crippen LogP contribution in [0.2, 0.25) is 0 Å². The predicted molar refractivity (Wildman–Crippen MR) is 77.4 cm³/mol. The standard InChI is InChI=1S/C13H31NO3Si/c1-4-7-10-15-18(13-14,16-11-8-5-2)17-12-9-6-3/h4-14H2,1-3H3. The van der Waals surface area contributed by atoms with Gasteiger partial charge in [0.15, 0.2) is 0 Å². The van der Waals surface area contributed by atoms with E-state index in [1.165, 1.54) is 0 Å². The Bertz CT molecular complexity index is 155. The summed E-state index contributed by atoms with van der Waals surface area (Å²) in [6.45, 7) is 8.51. The van der Waals surface area contributed by atoms with Gasteiger partial charge in [-0.1, -0.05) is 40.0 Å². The molecule has 110 valence electrons. The highest BCUT2D eigenvalue weighted by Crippen LogP contribution is 2.11. The van der Waals surface area contributed by atoms with Crippen molar-refractivity contribution in [3.8, 4) is 0 Å². The molecule has 5 heteroatoms. The molecule has 0 rings (SSSR count). The summed E-state index contributed by atoms with van der Waals surface area (Å²) in [5.74, 6) is 0. The Balaban J connectivity index is 4.20. The lowest BCUT2D eigenvalue weighted by atomic mass is 10.4. The van der Waals surface area contributed by atoms with Crippen molar-refractivity contribution in [2.75, 3.05) is 26.0 Å². The van der Waals surface area contributed by atoms with Crippen LogP contribution in [0.3, 0.4) is 0 Å². The predicted octanol–water partition coefficient (Wildman–Crippen LogP) is 2.87. The molecule has 0 unspecified atom stereocenters. The minimum Gasteiger partial charge on any atom is -0.373 e. The normalized spacial score (nSPS) is 12.0. The van der Waals surface area contributed by atoms with Crippen molar-refractivity contribution in [2.45, 2.75) is 59.3 Å². The molecule has 4 nitrogen and oxygen atoms in total. The molecule has 0 aliphatic carbocycles. The zero-order chi connectivity index (χ0) is 13.7. The van der Waals surface area contributed by atoms with Crippen LogP contribution in [0.25, 0.3) is 0 Å². The van der Waals surface area contributed by atoms with Crippen molar-refractivity contribution in [1.82, 2.24) is 0 Å². The molecule has 0 radical (unpaired) electrons. The lowest BCUT2D eigenvalue weighted by Crippen LogP contribution is -2.53. The van der Waals surface area contributed by atoms with Crippen molar-refractivity contribution in [3.63, 3.8) is 0 Å². The van der Waals surface area contributed by atoms with Gasteiger partial charge in [-0.15, -0.1) is 0 Å². The fraction of sp³-hybridized carbons (Fsp3) is 1.00. The molecule has 0 heterocycles. The fourth-order valence-electron chi connectivity index (χ4n) is 1.42. The van der Waals surface area contributed by atoms with Gasteiger partial charge in [-0.3, -0.25) is 0 Å². The van der Waals surface area contributed by atoms with E-state index in [-0.39, 0.29) is 0 Å². The number of unbranched alkanes of at least 4 members (excludes halogenated alkanes) is 3. The first-order valence-electron chi connectivity index (χ1n) is 7.36. The van der Waals surface area contributed by atoms with Gasteiger partial charge >= 0.3 is 8.80 Å². The van der Waals surface area contributed by atoms with Crippen LogP contribution < -0.4 is 5.73 Å². The van der Waals surface area contributed by atoms with Crippen LogP contribution in [-0.2, 0) is 13.3 Å². The smallest absolute Gasteiger partial charge is 0.373 e. The van der Waals surface area contributed by atoms with Gasteiger partial charge < -0.3 is 19.0 Å². The van der Waals surface area contributed by atoms with Crippen LogP contribution in [-0.4, -0.2) is 34.8 Å². The minimum absolute atomic E-state index is 0.379. The van der Waals surface area contributed by atoms with Crippen LogP contribution in [0.1, 0.15) is 59.3 Å². The maximum absolute atomic E-state index is 5.88. The molecule has 0 atom stereocenters. The quantitative estimate of drug-likeness (QED) is 0.415. The Kier molecular flexibility index (Phi) is 12.1. The SMILES string of the molecule is CCCCO[Si](CN)(OCCCC)OCCCC. The summed E-state index contributed by atoms with van der Waals surface area (Å²) in [5, 5.41) is 0. The van der Waals surface area contributed by atoms with Crippen LogP contribution >= 0.6 is 0 Å². The minimum atomic E-state index is -2.60. The van der Waals surface area contributed by atoms with Gasteiger partial charge in [0.1, 0.15) is 0 Å². The van der Waals surface area contributed by atoms with Crippen molar-refractivity contribution in [1.29, 1.82) is 0 Å². The van der Waals surface area contributed by atoms with Crippen LogP contribution in [0.15, 0.2) is 0 Å². The summed E-state index contributed by atoms with van der Waals surface area (Å²) in [5.41, 5.74) is 5.84. The molecule has 0 saturated carbocycles. The molecule has 0 fully saturated rings. The molecule has 0 saturated heterocycles. The zero-order valence-electron chi connectivity index (χ0n) is 12.4. The van der Waals surface area contributed by atoms with Gasteiger partial charge in [0.25, 0.3) is 0 Å². The Morgan fingerprint density at radius 2 is 1.06 bits per heavy atom. The Morgan fingerprint density at radius 1 is 0.722 bits per heavy atom. The van der Waals surface area contributed by atoms with Crippen LogP contribution in [0.4, 0.5) is 0 Å². The molecule has 0 spiro atoms. The van der Waals surface area contributed by atoms with E-state index in [1.54, 1.807) is 0 Å². The van der Waals surface area contributed by atoms with E-state index in [1.807, 2.05) is 0 Å². The molecule has 0 amide bonds. The van der Waals surface area contributed by atoms with E-state index in [2.05, 4.69) is 20.8 Å². The van der Waals surface area contributed by atoms with Gasteiger partial charge in [-0.2, -0.15) is 0 Å². The second kappa shape index (κ2) is 12.1. The topological polar surface area (TPSA) is 53.7 Å². The summed E-state index contributed by atoms with van der Waals surface area (Å²) >= 11 is 0. The van der Waals surface area contributed by atoms with Crippen molar-refractivity contribution in [2.24, 2.45) is 5.73 Å². The highest BCUT2D eigenvalue weighted by molar-refractivity contribution is 6.60. The Hall–Kier alpha value is 0.0569. The summed E-state index contributed by atoms with van der Waals surface area (Å²) < 4.78 is 17.6. The first-order valence-corrected chi connectivity index (χ1v) is 9.29. The molecule has 18 heavy (non-hydrogen) atoms. The van der Waals surface area contributed by atoms with E-state index >= 15 is 0 Å². The average Bonchev–Trinajstić information content (AvgIpc) is 2.39. The monoisotopic (exact) mass is 277 g/mol. The molecule has 0 aromatic carbocycles. The zero-order valence-corrected chi connectivity index (χ0v) is 13.4. The highest BCUT2D eigenvalue weighted by atomic mass is 28.4. The van der Waals surface area contributed by atoms with Gasteiger partial charge in [0, 0.05) is 19.8 Å². The first kappa shape index (κ1) is 18.1. The lowest BCUT2D eigenvalue weighted by molar-refractivity contribution is 0.0576. The number of nitrogens with two attached hydrogens (primary N) is 1. The molecule has 0 aliphatic rings. The lowest BCUT2D eigenvalue weighted by Gasteiger charge is -2.28. The van der Waals surface area contributed by atoms with E-state index < -0.39 is 8.80 Å².